The van der Waals surface area contributed by atoms with Gasteiger partial charge in [0, 0.05) is 34.2 Å². The molecular formula is C16H16Cl2N2OS. The number of hydrogen-bond donors (Lipinski definition) is 1. The number of carbonyl (C=O) groups excluding carboxylic acids is 1. The Kier molecular flexibility index (Phi) is 3.61. The molecule has 1 aromatic carbocycles. The van der Waals surface area contributed by atoms with E-state index in [1.165, 1.54) is 11.3 Å². The van der Waals surface area contributed by atoms with Crippen LogP contribution in [0.2, 0.25) is 10.0 Å². The zero-order chi connectivity index (χ0) is 15.4. The number of nitrogens with two attached hydrogens (primary N) is 1. The summed E-state index contributed by atoms with van der Waals surface area (Å²) in [6.07, 6.45) is 2.21. The molecule has 6 heteroatoms. The number of fused-ring (bicyclic) bond motifs is 2. The van der Waals surface area contributed by atoms with E-state index >= 15 is 0 Å². The Hall–Kier alpha value is -0.810. The summed E-state index contributed by atoms with van der Waals surface area (Å²) in [6, 6.07) is 5.77. The molecule has 0 radical (unpaired) electrons. The van der Waals surface area contributed by atoms with Crippen molar-refractivity contribution in [3.8, 4) is 0 Å². The maximum absolute atomic E-state index is 12.8. The predicted molar refractivity (Wildman–Crippen MR) is 91.9 cm³/mol. The number of benzene rings is 1. The lowest BCUT2D eigenvalue weighted by Crippen LogP contribution is -2.33. The van der Waals surface area contributed by atoms with Crippen molar-refractivity contribution in [2.45, 2.75) is 18.9 Å². The number of likely N-dealkylation sites (tertiary alicyclic amines) is 1. The first-order chi connectivity index (χ1) is 10.5. The van der Waals surface area contributed by atoms with Crippen LogP contribution in [0.3, 0.4) is 0 Å². The van der Waals surface area contributed by atoms with E-state index in [9.17, 15) is 4.79 Å². The summed E-state index contributed by atoms with van der Waals surface area (Å²) >= 11 is 13.9. The molecule has 3 unspecified atom stereocenters. The van der Waals surface area contributed by atoms with E-state index in [1.54, 1.807) is 6.07 Å². The van der Waals surface area contributed by atoms with Gasteiger partial charge in [-0.25, -0.2) is 0 Å². The second kappa shape index (κ2) is 5.38. The molecule has 1 saturated heterocycles. The van der Waals surface area contributed by atoms with Gasteiger partial charge in [-0.1, -0.05) is 29.3 Å². The van der Waals surface area contributed by atoms with Crippen LogP contribution in [0.5, 0.6) is 0 Å². The average Bonchev–Trinajstić information content (AvgIpc) is 3.14. The quantitative estimate of drug-likeness (QED) is 0.840. The number of thiophene rings is 1. The molecular weight excluding hydrogens is 339 g/mol. The molecule has 1 aliphatic carbocycles. The van der Waals surface area contributed by atoms with E-state index in [1.807, 2.05) is 17.0 Å². The number of carbonyl (C=O) groups is 1. The maximum atomic E-state index is 12.8. The largest absolute Gasteiger partial charge is 0.337 e. The van der Waals surface area contributed by atoms with Crippen molar-refractivity contribution >= 4 is 50.5 Å². The van der Waals surface area contributed by atoms with Crippen LogP contribution in [0.25, 0.3) is 10.1 Å². The Bertz CT molecular complexity index is 760. The van der Waals surface area contributed by atoms with Gasteiger partial charge in [-0.15, -0.1) is 11.3 Å². The molecule has 116 valence electrons. The second-order valence-electron chi connectivity index (χ2n) is 6.26. The van der Waals surface area contributed by atoms with Crippen molar-refractivity contribution in [2.24, 2.45) is 17.6 Å². The number of amides is 1. The van der Waals surface area contributed by atoms with Crippen molar-refractivity contribution in [1.82, 2.24) is 4.90 Å². The predicted octanol–water partition coefficient (Wildman–Crippen LogP) is 4.02. The van der Waals surface area contributed by atoms with Gasteiger partial charge in [-0.05, 0) is 36.8 Å². The number of halogens is 2. The van der Waals surface area contributed by atoms with E-state index < -0.39 is 0 Å². The van der Waals surface area contributed by atoms with Crippen LogP contribution in [-0.2, 0) is 0 Å². The van der Waals surface area contributed by atoms with Crippen molar-refractivity contribution in [1.29, 1.82) is 0 Å². The molecule has 4 rings (SSSR count). The molecule has 1 aromatic heterocycles. The summed E-state index contributed by atoms with van der Waals surface area (Å²) < 4.78 is 0.956. The lowest BCUT2D eigenvalue weighted by molar-refractivity contribution is 0.0784. The van der Waals surface area contributed by atoms with Crippen LogP contribution < -0.4 is 5.73 Å². The van der Waals surface area contributed by atoms with E-state index in [0.29, 0.717) is 26.8 Å². The Labute approximate surface area is 143 Å². The van der Waals surface area contributed by atoms with Crippen LogP contribution in [0.1, 0.15) is 22.5 Å². The first kappa shape index (κ1) is 14.8. The van der Waals surface area contributed by atoms with Crippen LogP contribution >= 0.6 is 34.5 Å². The summed E-state index contributed by atoms with van der Waals surface area (Å²) in [5, 5.41) is 2.10. The van der Waals surface area contributed by atoms with Crippen LogP contribution in [0, 0.1) is 11.8 Å². The Balaban J connectivity index is 1.65. The standard InChI is InChI=1S/C16H16Cl2N2OS/c17-9-2-3-10-13(5-9)22-15(14(10)18)16(21)20-6-8-1-4-12(19)11(8)7-20/h2-3,5,8,11-12H,1,4,6-7,19H2. The van der Waals surface area contributed by atoms with E-state index in [4.69, 9.17) is 28.9 Å². The minimum Gasteiger partial charge on any atom is -0.337 e. The Morgan fingerprint density at radius 2 is 2.09 bits per heavy atom. The molecule has 2 N–H and O–H groups in total. The molecule has 2 heterocycles. The topological polar surface area (TPSA) is 46.3 Å². The van der Waals surface area contributed by atoms with Gasteiger partial charge in [0.25, 0.3) is 5.91 Å². The van der Waals surface area contributed by atoms with Gasteiger partial charge in [0.2, 0.25) is 0 Å². The average molecular weight is 355 g/mol. The molecule has 0 bridgehead atoms. The molecule has 22 heavy (non-hydrogen) atoms. The smallest absolute Gasteiger partial charge is 0.265 e. The first-order valence-electron chi connectivity index (χ1n) is 7.47. The Morgan fingerprint density at radius 3 is 2.86 bits per heavy atom. The van der Waals surface area contributed by atoms with Crippen molar-refractivity contribution < 1.29 is 4.79 Å². The van der Waals surface area contributed by atoms with Crippen LogP contribution in [0.4, 0.5) is 0 Å². The second-order valence-corrected chi connectivity index (χ2v) is 8.13. The maximum Gasteiger partial charge on any atom is 0.265 e. The summed E-state index contributed by atoms with van der Waals surface area (Å²) in [7, 11) is 0. The highest BCUT2D eigenvalue weighted by Crippen LogP contribution is 2.41. The molecule has 1 saturated carbocycles. The van der Waals surface area contributed by atoms with Gasteiger partial charge in [-0.3, -0.25) is 4.79 Å². The van der Waals surface area contributed by atoms with Gasteiger partial charge < -0.3 is 10.6 Å². The molecule has 2 aliphatic rings. The molecule has 2 aromatic rings. The van der Waals surface area contributed by atoms with Crippen molar-refractivity contribution in [2.75, 3.05) is 13.1 Å². The van der Waals surface area contributed by atoms with Crippen LogP contribution in [-0.4, -0.2) is 29.9 Å². The van der Waals surface area contributed by atoms with Gasteiger partial charge in [0.1, 0.15) is 4.88 Å². The Morgan fingerprint density at radius 1 is 1.27 bits per heavy atom. The third-order valence-electron chi connectivity index (χ3n) is 4.99. The van der Waals surface area contributed by atoms with E-state index in [2.05, 4.69) is 0 Å². The summed E-state index contributed by atoms with van der Waals surface area (Å²) in [5.74, 6) is 1.04. The van der Waals surface area contributed by atoms with E-state index in [0.717, 1.165) is 36.0 Å². The SMILES string of the molecule is NC1CCC2CN(C(=O)c3sc4cc(Cl)ccc4c3Cl)CC12. The lowest BCUT2D eigenvalue weighted by atomic mass is 9.98. The normalized spacial score (nSPS) is 27.6. The molecule has 1 aliphatic heterocycles. The fraction of sp³-hybridized carbons (Fsp3) is 0.438. The summed E-state index contributed by atoms with van der Waals surface area (Å²) in [4.78, 5) is 15.4. The highest BCUT2D eigenvalue weighted by Gasteiger charge is 2.43. The first-order valence-corrected chi connectivity index (χ1v) is 9.04. The van der Waals surface area contributed by atoms with Crippen molar-refractivity contribution in [3.05, 3.63) is 33.1 Å². The highest BCUT2D eigenvalue weighted by atomic mass is 35.5. The fourth-order valence-electron chi connectivity index (χ4n) is 3.79. The molecule has 3 atom stereocenters. The van der Waals surface area contributed by atoms with Crippen molar-refractivity contribution in [3.63, 3.8) is 0 Å². The van der Waals surface area contributed by atoms with Gasteiger partial charge in [-0.2, -0.15) is 0 Å². The monoisotopic (exact) mass is 354 g/mol. The van der Waals surface area contributed by atoms with Gasteiger partial charge in [0.05, 0.1) is 5.02 Å². The fourth-order valence-corrected chi connectivity index (χ4v) is 5.55. The molecule has 0 spiro atoms. The van der Waals surface area contributed by atoms with Gasteiger partial charge in [0.15, 0.2) is 0 Å². The molecule has 1 amide bonds. The zero-order valence-corrected chi connectivity index (χ0v) is 14.2. The minimum atomic E-state index is 0.0314. The highest BCUT2D eigenvalue weighted by molar-refractivity contribution is 7.21. The minimum absolute atomic E-state index is 0.0314. The van der Waals surface area contributed by atoms with E-state index in [-0.39, 0.29) is 11.9 Å². The lowest BCUT2D eigenvalue weighted by Gasteiger charge is -2.18. The number of hydrogen-bond acceptors (Lipinski definition) is 3. The number of rotatable bonds is 1. The summed E-state index contributed by atoms with van der Waals surface area (Å²) in [5.41, 5.74) is 6.15. The number of nitrogens with zero attached hydrogens (tertiary/aromatic N) is 1. The zero-order valence-electron chi connectivity index (χ0n) is 11.9. The third kappa shape index (κ3) is 2.24. The summed E-state index contributed by atoms with van der Waals surface area (Å²) in [6.45, 7) is 1.57. The molecule has 3 nitrogen and oxygen atoms in total. The molecule has 2 fully saturated rings. The van der Waals surface area contributed by atoms with Gasteiger partial charge >= 0.3 is 0 Å². The third-order valence-corrected chi connectivity index (χ3v) is 6.87. The van der Waals surface area contributed by atoms with Crippen LogP contribution in [0.15, 0.2) is 18.2 Å².